The molecule has 69 heavy (non-hydrogen) atoms. The van der Waals surface area contributed by atoms with Crippen LogP contribution in [0, 0.1) is 0 Å². The Morgan fingerprint density at radius 3 is 1.30 bits per heavy atom. The van der Waals surface area contributed by atoms with Gasteiger partial charge < -0.3 is 4.74 Å². The van der Waals surface area contributed by atoms with Crippen molar-refractivity contribution in [3.63, 3.8) is 0 Å². The van der Waals surface area contributed by atoms with Gasteiger partial charge in [-0.25, -0.2) is 0 Å². The van der Waals surface area contributed by atoms with Gasteiger partial charge in [0.05, 0.1) is 10.8 Å². The van der Waals surface area contributed by atoms with Crippen molar-refractivity contribution in [3.8, 4) is 67.1 Å². The van der Waals surface area contributed by atoms with Gasteiger partial charge in [0.1, 0.15) is 11.5 Å². The first-order valence-corrected chi connectivity index (χ1v) is 24.7. The van der Waals surface area contributed by atoms with E-state index in [1.54, 1.807) is 0 Å². The van der Waals surface area contributed by atoms with Gasteiger partial charge >= 0.3 is 0 Å². The van der Waals surface area contributed by atoms with Gasteiger partial charge in [-0.1, -0.05) is 224 Å². The molecule has 0 saturated carbocycles. The number of benzene rings is 10. The van der Waals surface area contributed by atoms with E-state index in [-0.39, 0.29) is 10.8 Å². The lowest BCUT2D eigenvalue weighted by Gasteiger charge is -2.40. The fourth-order valence-electron chi connectivity index (χ4n) is 13.1. The molecule has 3 aliphatic carbocycles. The number of rotatable bonds is 2. The van der Waals surface area contributed by atoms with E-state index in [0.717, 1.165) is 16.9 Å². The SMILES string of the molecule is CC(C)(C)c1ccc2c(c1)C1(c3ccccc3-c3ccc(-c4cccc(-c5cc6c(c7ccccc57)Oc5ccccc5C65c6ccccc6-c6ccccc65)c4)cc31)c1cc(C(C)(C)C)ccc1-2. The van der Waals surface area contributed by atoms with Crippen LogP contribution in [0.3, 0.4) is 0 Å². The minimum atomic E-state index is -0.565. The molecular formula is C68H52O. The average molecular weight is 885 g/mol. The van der Waals surface area contributed by atoms with Crippen LogP contribution in [0.4, 0.5) is 0 Å². The summed E-state index contributed by atoms with van der Waals surface area (Å²) in [5.41, 5.74) is 24.8. The third-order valence-electron chi connectivity index (χ3n) is 16.3. The Morgan fingerprint density at radius 1 is 0.290 bits per heavy atom. The van der Waals surface area contributed by atoms with Crippen molar-refractivity contribution in [1.82, 2.24) is 0 Å². The van der Waals surface area contributed by atoms with Crippen LogP contribution in [0.1, 0.15) is 97.2 Å². The summed E-state index contributed by atoms with van der Waals surface area (Å²) in [6.45, 7) is 14.0. The summed E-state index contributed by atoms with van der Waals surface area (Å²) in [4.78, 5) is 0. The largest absolute Gasteiger partial charge is 0.456 e. The van der Waals surface area contributed by atoms with Crippen LogP contribution >= 0.6 is 0 Å². The van der Waals surface area contributed by atoms with Gasteiger partial charge in [-0.2, -0.15) is 0 Å². The molecule has 1 heteroatoms. The van der Waals surface area contributed by atoms with Gasteiger partial charge in [0.15, 0.2) is 0 Å². The van der Waals surface area contributed by atoms with Crippen molar-refractivity contribution in [3.05, 3.63) is 262 Å². The zero-order chi connectivity index (χ0) is 46.6. The van der Waals surface area contributed by atoms with E-state index in [1.807, 2.05) is 0 Å². The third kappa shape index (κ3) is 5.31. The molecule has 0 radical (unpaired) electrons. The summed E-state index contributed by atoms with van der Waals surface area (Å²) in [5.74, 6) is 1.84. The fraction of sp³-hybridized carbons (Fsp3) is 0.147. The highest BCUT2D eigenvalue weighted by Gasteiger charge is 2.53. The van der Waals surface area contributed by atoms with Crippen molar-refractivity contribution >= 4 is 10.8 Å². The molecule has 0 bridgehead atoms. The molecule has 0 saturated heterocycles. The molecule has 4 aliphatic rings. The number of fused-ring (bicyclic) bond motifs is 21. The van der Waals surface area contributed by atoms with Crippen LogP contribution < -0.4 is 4.74 Å². The molecule has 1 heterocycles. The summed E-state index contributed by atoms with van der Waals surface area (Å²) in [7, 11) is 0. The minimum absolute atomic E-state index is 0.00858. The maximum absolute atomic E-state index is 7.11. The molecule has 1 nitrogen and oxygen atoms in total. The van der Waals surface area contributed by atoms with Gasteiger partial charge in [0, 0.05) is 16.5 Å². The number of para-hydroxylation sites is 1. The van der Waals surface area contributed by atoms with E-state index >= 15 is 0 Å². The zero-order valence-corrected chi connectivity index (χ0v) is 40.0. The van der Waals surface area contributed by atoms with E-state index in [9.17, 15) is 0 Å². The summed E-state index contributed by atoms with van der Waals surface area (Å²) in [5, 5.41) is 2.29. The highest BCUT2D eigenvalue weighted by molar-refractivity contribution is 6.04. The molecule has 14 rings (SSSR count). The lowest BCUT2D eigenvalue weighted by atomic mass is 9.65. The van der Waals surface area contributed by atoms with Crippen LogP contribution in [0.15, 0.2) is 206 Å². The van der Waals surface area contributed by atoms with Crippen LogP contribution in [0.5, 0.6) is 11.5 Å². The normalized spacial score (nSPS) is 14.9. The molecule has 10 aromatic rings. The van der Waals surface area contributed by atoms with Gasteiger partial charge in [-0.05, 0) is 141 Å². The highest BCUT2D eigenvalue weighted by atomic mass is 16.5. The second-order valence-electron chi connectivity index (χ2n) is 21.9. The number of ether oxygens (including phenoxy) is 1. The molecule has 0 atom stereocenters. The van der Waals surface area contributed by atoms with Gasteiger partial charge in [0.25, 0.3) is 0 Å². The lowest BCUT2D eigenvalue weighted by Crippen LogP contribution is -2.32. The second kappa shape index (κ2) is 13.9. The number of hydrogen-bond donors (Lipinski definition) is 0. The van der Waals surface area contributed by atoms with E-state index < -0.39 is 10.8 Å². The molecule has 0 aromatic heterocycles. The van der Waals surface area contributed by atoms with Crippen LogP contribution in [0.2, 0.25) is 0 Å². The Labute approximate surface area is 405 Å². The molecule has 330 valence electrons. The van der Waals surface area contributed by atoms with Gasteiger partial charge in [-0.3, -0.25) is 0 Å². The topological polar surface area (TPSA) is 9.23 Å². The highest BCUT2D eigenvalue weighted by Crippen LogP contribution is 2.66. The molecule has 10 aromatic carbocycles. The molecule has 2 spiro atoms. The summed E-state index contributed by atoms with van der Waals surface area (Å²) in [6.07, 6.45) is 0. The second-order valence-corrected chi connectivity index (χ2v) is 21.9. The van der Waals surface area contributed by atoms with E-state index in [4.69, 9.17) is 4.74 Å². The van der Waals surface area contributed by atoms with E-state index in [0.29, 0.717) is 0 Å². The minimum Gasteiger partial charge on any atom is -0.456 e. The first-order valence-electron chi connectivity index (χ1n) is 24.7. The Bertz CT molecular complexity index is 3740. The van der Waals surface area contributed by atoms with Gasteiger partial charge in [0.2, 0.25) is 0 Å². The standard InChI is InChI=1S/C68H52O/c1-65(2,3)44-31-34-51-52-35-32-45(66(4,5)6)39-61(52)68(60(51)38-44)57-27-14-11-23-49(57)50-33-30-42(37-59(50)68)41-18-17-19-43(36-41)54-40-62-64(53-24-8-7-20-46(53)54)69-63-29-16-15-28-58(63)67(62)55-25-12-9-21-47(55)48-22-10-13-26-56(48)67/h7-40H,1-6H3. The summed E-state index contributed by atoms with van der Waals surface area (Å²) in [6, 6.07) is 78.4. The fourth-order valence-corrected chi connectivity index (χ4v) is 13.1. The molecule has 0 fully saturated rings. The molecule has 0 unspecified atom stereocenters. The molecular weight excluding hydrogens is 833 g/mol. The first-order chi connectivity index (χ1) is 33.5. The first kappa shape index (κ1) is 40.3. The average Bonchev–Trinajstić information content (AvgIpc) is 3.95. The van der Waals surface area contributed by atoms with Crippen LogP contribution in [-0.2, 0) is 21.7 Å². The number of hydrogen-bond acceptors (Lipinski definition) is 1. The quantitative estimate of drug-likeness (QED) is 0.168. The van der Waals surface area contributed by atoms with E-state index in [2.05, 4.69) is 248 Å². The molecule has 0 amide bonds. The van der Waals surface area contributed by atoms with Crippen molar-refractivity contribution in [2.24, 2.45) is 0 Å². The van der Waals surface area contributed by atoms with Crippen molar-refractivity contribution in [2.75, 3.05) is 0 Å². The lowest BCUT2D eigenvalue weighted by molar-refractivity contribution is 0.442. The van der Waals surface area contributed by atoms with E-state index in [1.165, 1.54) is 117 Å². The zero-order valence-electron chi connectivity index (χ0n) is 40.0. The van der Waals surface area contributed by atoms with Crippen LogP contribution in [0.25, 0.3) is 66.4 Å². The maximum atomic E-state index is 7.11. The Balaban J connectivity index is 1.00. The summed E-state index contributed by atoms with van der Waals surface area (Å²) < 4.78 is 7.11. The van der Waals surface area contributed by atoms with Gasteiger partial charge in [-0.15, -0.1) is 0 Å². The Kier molecular flexibility index (Phi) is 8.14. The predicted octanol–water partition coefficient (Wildman–Crippen LogP) is 17.6. The van der Waals surface area contributed by atoms with Crippen molar-refractivity contribution in [2.45, 2.75) is 63.2 Å². The molecule has 0 N–H and O–H groups in total. The predicted molar refractivity (Wildman–Crippen MR) is 286 cm³/mol. The maximum Gasteiger partial charge on any atom is 0.140 e. The summed E-state index contributed by atoms with van der Waals surface area (Å²) >= 11 is 0. The smallest absolute Gasteiger partial charge is 0.140 e. The monoisotopic (exact) mass is 884 g/mol. The van der Waals surface area contributed by atoms with Crippen molar-refractivity contribution in [1.29, 1.82) is 0 Å². The Hall–Kier alpha value is -7.74. The third-order valence-corrected chi connectivity index (χ3v) is 16.3. The van der Waals surface area contributed by atoms with Crippen LogP contribution in [-0.4, -0.2) is 0 Å². The Morgan fingerprint density at radius 2 is 0.725 bits per heavy atom. The van der Waals surface area contributed by atoms with Crippen molar-refractivity contribution < 1.29 is 4.74 Å². The molecule has 1 aliphatic heterocycles.